The smallest absolute Gasteiger partial charge is 0.309 e. The number of benzene rings is 2. The van der Waals surface area contributed by atoms with Crippen LogP contribution in [0.5, 0.6) is 0 Å². The van der Waals surface area contributed by atoms with Crippen LogP contribution in [0, 0.1) is 5.92 Å². The van der Waals surface area contributed by atoms with E-state index in [0.29, 0.717) is 43.8 Å². The molecule has 2 aromatic rings. The SMILES string of the molecule is CCOC(=O)C1CCN(CC(=O)Nc2ccc(C(=O)NC(C)c3ccccc3)cc2)CC1. The summed E-state index contributed by atoms with van der Waals surface area (Å²) in [6.07, 6.45) is 1.41. The van der Waals surface area contributed by atoms with E-state index in [1.165, 1.54) is 0 Å². The fraction of sp³-hybridized carbons (Fsp3) is 0.400. The van der Waals surface area contributed by atoms with E-state index in [0.717, 1.165) is 5.56 Å². The van der Waals surface area contributed by atoms with Crippen LogP contribution in [0.1, 0.15) is 48.7 Å². The molecule has 2 aromatic carbocycles. The highest BCUT2D eigenvalue weighted by Crippen LogP contribution is 2.19. The molecular weight excluding hydrogens is 406 g/mol. The van der Waals surface area contributed by atoms with Crippen molar-refractivity contribution in [1.29, 1.82) is 0 Å². The van der Waals surface area contributed by atoms with Gasteiger partial charge in [0.1, 0.15) is 0 Å². The van der Waals surface area contributed by atoms with Crippen LogP contribution in [0.15, 0.2) is 54.6 Å². The van der Waals surface area contributed by atoms with Gasteiger partial charge < -0.3 is 15.4 Å². The molecule has 1 atom stereocenters. The molecule has 0 spiro atoms. The molecule has 170 valence electrons. The summed E-state index contributed by atoms with van der Waals surface area (Å²) >= 11 is 0. The Morgan fingerprint density at radius 1 is 1.03 bits per heavy atom. The minimum atomic E-state index is -0.163. The van der Waals surface area contributed by atoms with E-state index >= 15 is 0 Å². The highest BCUT2D eigenvalue weighted by Gasteiger charge is 2.26. The third-order valence-corrected chi connectivity index (χ3v) is 5.65. The van der Waals surface area contributed by atoms with E-state index in [1.807, 2.05) is 49.1 Å². The number of esters is 1. The average Bonchev–Trinajstić information content (AvgIpc) is 2.80. The zero-order valence-corrected chi connectivity index (χ0v) is 18.7. The minimum absolute atomic E-state index is 0.0717. The lowest BCUT2D eigenvalue weighted by molar-refractivity contribution is -0.149. The fourth-order valence-electron chi connectivity index (χ4n) is 3.80. The third-order valence-electron chi connectivity index (χ3n) is 5.65. The molecule has 0 saturated carbocycles. The first-order valence-corrected chi connectivity index (χ1v) is 11.1. The molecule has 1 saturated heterocycles. The standard InChI is InChI=1S/C25H31N3O4/c1-3-32-25(31)21-13-15-28(16-14-21)17-23(29)27-22-11-9-20(10-12-22)24(30)26-18(2)19-7-5-4-6-8-19/h4-12,18,21H,3,13-17H2,1-2H3,(H,26,30)(H,27,29). The number of nitrogens with zero attached hydrogens (tertiary/aromatic N) is 1. The number of ether oxygens (including phenoxy) is 1. The molecule has 7 nitrogen and oxygen atoms in total. The first kappa shape index (κ1) is 23.5. The molecule has 0 aromatic heterocycles. The van der Waals surface area contributed by atoms with Crippen molar-refractivity contribution in [1.82, 2.24) is 10.2 Å². The lowest BCUT2D eigenvalue weighted by Crippen LogP contribution is -2.41. The Balaban J connectivity index is 1.44. The Labute approximate surface area is 189 Å². The number of likely N-dealkylation sites (tertiary alicyclic amines) is 1. The number of anilines is 1. The summed E-state index contributed by atoms with van der Waals surface area (Å²) in [5.41, 5.74) is 2.21. The van der Waals surface area contributed by atoms with Crippen molar-refractivity contribution in [3.63, 3.8) is 0 Å². The monoisotopic (exact) mass is 437 g/mol. The predicted molar refractivity (Wildman–Crippen MR) is 123 cm³/mol. The van der Waals surface area contributed by atoms with Gasteiger partial charge in [0.05, 0.1) is 25.1 Å². The van der Waals surface area contributed by atoms with E-state index < -0.39 is 0 Å². The Hall–Kier alpha value is -3.19. The van der Waals surface area contributed by atoms with Crippen LogP contribution in [0.3, 0.4) is 0 Å². The molecule has 2 amide bonds. The highest BCUT2D eigenvalue weighted by atomic mass is 16.5. The number of amides is 2. The summed E-state index contributed by atoms with van der Waals surface area (Å²) in [5.74, 6) is -0.491. The summed E-state index contributed by atoms with van der Waals surface area (Å²) in [5, 5.41) is 5.85. The zero-order chi connectivity index (χ0) is 22.9. The summed E-state index contributed by atoms with van der Waals surface area (Å²) in [7, 11) is 0. The van der Waals surface area contributed by atoms with Gasteiger partial charge in [0, 0.05) is 11.3 Å². The number of carbonyl (C=O) groups excluding carboxylic acids is 3. The fourth-order valence-corrected chi connectivity index (χ4v) is 3.80. The molecule has 32 heavy (non-hydrogen) atoms. The summed E-state index contributed by atoms with van der Waals surface area (Å²) < 4.78 is 5.08. The van der Waals surface area contributed by atoms with Gasteiger partial charge in [0.25, 0.3) is 5.91 Å². The van der Waals surface area contributed by atoms with E-state index in [-0.39, 0.29) is 36.3 Å². The Kier molecular flexibility index (Phi) is 8.39. The number of hydrogen-bond acceptors (Lipinski definition) is 5. The van der Waals surface area contributed by atoms with Crippen LogP contribution < -0.4 is 10.6 Å². The summed E-state index contributed by atoms with van der Waals surface area (Å²) in [6, 6.07) is 16.5. The van der Waals surface area contributed by atoms with Crippen LogP contribution >= 0.6 is 0 Å². The van der Waals surface area contributed by atoms with Crippen molar-refractivity contribution < 1.29 is 19.1 Å². The molecule has 0 aliphatic carbocycles. The zero-order valence-electron chi connectivity index (χ0n) is 18.7. The number of rotatable bonds is 8. The molecule has 1 fully saturated rings. The van der Waals surface area contributed by atoms with E-state index in [2.05, 4.69) is 10.6 Å². The van der Waals surface area contributed by atoms with Crippen molar-refractivity contribution >= 4 is 23.5 Å². The summed E-state index contributed by atoms with van der Waals surface area (Å²) in [6.45, 7) is 5.80. The molecule has 2 N–H and O–H groups in total. The quantitative estimate of drug-likeness (QED) is 0.618. The van der Waals surface area contributed by atoms with Crippen LogP contribution in [0.4, 0.5) is 5.69 Å². The molecule has 0 radical (unpaired) electrons. The molecule has 0 bridgehead atoms. The molecule has 7 heteroatoms. The molecular formula is C25H31N3O4. The van der Waals surface area contributed by atoms with Crippen molar-refractivity contribution in [3.05, 3.63) is 65.7 Å². The van der Waals surface area contributed by atoms with Gasteiger partial charge in [-0.2, -0.15) is 0 Å². The lowest BCUT2D eigenvalue weighted by Gasteiger charge is -2.30. The molecule has 1 aliphatic heterocycles. The Bertz CT molecular complexity index is 907. The van der Waals surface area contributed by atoms with Gasteiger partial charge in [-0.05, 0) is 69.6 Å². The van der Waals surface area contributed by atoms with Gasteiger partial charge in [-0.3, -0.25) is 19.3 Å². The number of piperidine rings is 1. The van der Waals surface area contributed by atoms with E-state index in [9.17, 15) is 14.4 Å². The van der Waals surface area contributed by atoms with Gasteiger partial charge in [0.15, 0.2) is 0 Å². The van der Waals surface area contributed by atoms with Gasteiger partial charge in [-0.25, -0.2) is 0 Å². The van der Waals surface area contributed by atoms with Crippen molar-refractivity contribution in [2.45, 2.75) is 32.7 Å². The molecule has 1 aliphatic rings. The van der Waals surface area contributed by atoms with E-state index in [1.54, 1.807) is 24.3 Å². The summed E-state index contributed by atoms with van der Waals surface area (Å²) in [4.78, 5) is 38.8. The topological polar surface area (TPSA) is 87.7 Å². The number of hydrogen-bond donors (Lipinski definition) is 2. The predicted octanol–water partition coefficient (Wildman–Crippen LogP) is 3.39. The van der Waals surface area contributed by atoms with Crippen molar-refractivity contribution in [2.75, 3.05) is 31.6 Å². The van der Waals surface area contributed by atoms with Gasteiger partial charge in [-0.15, -0.1) is 0 Å². The minimum Gasteiger partial charge on any atom is -0.466 e. The molecule has 1 heterocycles. The molecule has 3 rings (SSSR count). The maximum Gasteiger partial charge on any atom is 0.309 e. The van der Waals surface area contributed by atoms with Gasteiger partial charge in [0.2, 0.25) is 5.91 Å². The van der Waals surface area contributed by atoms with Gasteiger partial charge >= 0.3 is 5.97 Å². The first-order chi connectivity index (χ1) is 15.5. The first-order valence-electron chi connectivity index (χ1n) is 11.1. The Morgan fingerprint density at radius 2 is 1.69 bits per heavy atom. The Morgan fingerprint density at radius 3 is 2.31 bits per heavy atom. The third kappa shape index (κ3) is 6.65. The maximum atomic E-state index is 12.5. The van der Waals surface area contributed by atoms with Crippen molar-refractivity contribution in [3.8, 4) is 0 Å². The normalized spacial score (nSPS) is 15.6. The highest BCUT2D eigenvalue weighted by molar-refractivity contribution is 5.96. The average molecular weight is 438 g/mol. The van der Waals surface area contributed by atoms with Crippen molar-refractivity contribution in [2.24, 2.45) is 5.92 Å². The van der Waals surface area contributed by atoms with E-state index in [4.69, 9.17) is 4.74 Å². The second kappa shape index (κ2) is 11.4. The second-order valence-electron chi connectivity index (χ2n) is 8.03. The van der Waals surface area contributed by atoms with Crippen LogP contribution in [0.25, 0.3) is 0 Å². The van der Waals surface area contributed by atoms with Crippen LogP contribution in [-0.4, -0.2) is 48.9 Å². The second-order valence-corrected chi connectivity index (χ2v) is 8.03. The lowest BCUT2D eigenvalue weighted by atomic mass is 9.97. The maximum absolute atomic E-state index is 12.5. The van der Waals surface area contributed by atoms with Crippen LogP contribution in [0.2, 0.25) is 0 Å². The number of nitrogens with one attached hydrogen (secondary N) is 2. The largest absolute Gasteiger partial charge is 0.466 e. The molecule has 1 unspecified atom stereocenters. The number of carbonyl (C=O) groups is 3. The van der Waals surface area contributed by atoms with Crippen LogP contribution in [-0.2, 0) is 14.3 Å². The van der Waals surface area contributed by atoms with Gasteiger partial charge in [-0.1, -0.05) is 30.3 Å².